The Bertz CT molecular complexity index is 75.8. The van der Waals surface area contributed by atoms with Crippen molar-refractivity contribution in [3.05, 3.63) is 0 Å². The highest BCUT2D eigenvalue weighted by Gasteiger charge is 2.10. The summed E-state index contributed by atoms with van der Waals surface area (Å²) in [6, 6.07) is 0.478. The van der Waals surface area contributed by atoms with Crippen LogP contribution in [0.4, 0.5) is 0 Å². The molecule has 0 amide bonds. The Morgan fingerprint density at radius 3 is 2.00 bits per heavy atom. The van der Waals surface area contributed by atoms with E-state index in [4.69, 9.17) is 11.5 Å². The lowest BCUT2D eigenvalue weighted by Crippen LogP contribution is -2.37. The Hall–Kier alpha value is -0.120. The standard InChI is InChI=1S/C6H14N2.C3H9N/c1-8-4-2-6(7)3-5-8;1-2-3-4/h6H,2-5,7H2,1H3;2-4H2,1H3. The van der Waals surface area contributed by atoms with Crippen LogP contribution in [0.15, 0.2) is 0 Å². The van der Waals surface area contributed by atoms with Crippen molar-refractivity contribution >= 4 is 0 Å². The van der Waals surface area contributed by atoms with Crippen molar-refractivity contribution in [3.63, 3.8) is 0 Å². The van der Waals surface area contributed by atoms with E-state index in [1.54, 1.807) is 0 Å². The number of nitrogens with zero attached hydrogens (tertiary/aromatic N) is 1. The number of rotatable bonds is 1. The van der Waals surface area contributed by atoms with Gasteiger partial charge < -0.3 is 16.4 Å². The third kappa shape index (κ3) is 6.58. The molecule has 1 rings (SSSR count). The SMILES string of the molecule is CCCN.CN1CCC(N)CC1. The van der Waals surface area contributed by atoms with Gasteiger partial charge >= 0.3 is 0 Å². The molecule has 0 aliphatic carbocycles. The number of hydrogen-bond donors (Lipinski definition) is 2. The number of likely N-dealkylation sites (tertiary alicyclic amines) is 1. The molecule has 1 saturated heterocycles. The van der Waals surface area contributed by atoms with Crippen LogP contribution in [0.5, 0.6) is 0 Å². The first kappa shape index (κ1) is 11.9. The van der Waals surface area contributed by atoms with Gasteiger partial charge in [0.25, 0.3) is 0 Å². The average Bonchev–Trinajstić information content (AvgIpc) is 2.11. The van der Waals surface area contributed by atoms with Gasteiger partial charge in [0.1, 0.15) is 0 Å². The Labute approximate surface area is 76.1 Å². The fourth-order valence-electron chi connectivity index (χ4n) is 1.03. The van der Waals surface area contributed by atoms with Gasteiger partial charge in [0.2, 0.25) is 0 Å². The third-order valence-corrected chi connectivity index (χ3v) is 2.05. The molecule has 0 unspecified atom stereocenters. The second-order valence-electron chi connectivity index (χ2n) is 3.43. The molecular weight excluding hydrogens is 150 g/mol. The maximum atomic E-state index is 5.67. The average molecular weight is 173 g/mol. The zero-order valence-electron chi connectivity index (χ0n) is 8.42. The van der Waals surface area contributed by atoms with Crippen molar-refractivity contribution in [1.29, 1.82) is 0 Å². The van der Waals surface area contributed by atoms with Gasteiger partial charge in [0.05, 0.1) is 0 Å². The number of hydrogen-bond acceptors (Lipinski definition) is 3. The molecule has 1 heterocycles. The zero-order chi connectivity index (χ0) is 9.40. The van der Waals surface area contributed by atoms with Crippen LogP contribution in [-0.2, 0) is 0 Å². The van der Waals surface area contributed by atoms with E-state index in [-0.39, 0.29) is 0 Å². The fraction of sp³-hybridized carbons (Fsp3) is 1.00. The van der Waals surface area contributed by atoms with Crippen LogP contribution in [0.1, 0.15) is 26.2 Å². The summed E-state index contributed by atoms with van der Waals surface area (Å²) in [6.07, 6.45) is 3.45. The molecule has 3 heteroatoms. The second kappa shape index (κ2) is 7.53. The lowest BCUT2D eigenvalue weighted by atomic mass is 10.1. The lowest BCUT2D eigenvalue weighted by Gasteiger charge is -2.25. The number of piperidine rings is 1. The molecule has 0 saturated carbocycles. The van der Waals surface area contributed by atoms with E-state index in [0.29, 0.717) is 6.04 Å². The smallest absolute Gasteiger partial charge is 0.00631 e. The van der Waals surface area contributed by atoms with Crippen LogP contribution in [0.2, 0.25) is 0 Å². The van der Waals surface area contributed by atoms with Crippen molar-refractivity contribution < 1.29 is 0 Å². The fourth-order valence-corrected chi connectivity index (χ4v) is 1.03. The van der Waals surface area contributed by atoms with Crippen LogP contribution in [0.25, 0.3) is 0 Å². The van der Waals surface area contributed by atoms with Crippen LogP contribution in [0, 0.1) is 0 Å². The topological polar surface area (TPSA) is 55.3 Å². The summed E-state index contributed by atoms with van der Waals surface area (Å²) in [5, 5.41) is 0. The minimum Gasteiger partial charge on any atom is -0.330 e. The molecule has 3 nitrogen and oxygen atoms in total. The second-order valence-corrected chi connectivity index (χ2v) is 3.43. The van der Waals surface area contributed by atoms with Crippen molar-refractivity contribution in [2.75, 3.05) is 26.7 Å². The molecule has 4 N–H and O–H groups in total. The zero-order valence-corrected chi connectivity index (χ0v) is 8.42. The first-order chi connectivity index (χ1) is 5.70. The highest BCUT2D eigenvalue weighted by molar-refractivity contribution is 4.70. The van der Waals surface area contributed by atoms with E-state index < -0.39 is 0 Å². The first-order valence-corrected chi connectivity index (χ1v) is 4.84. The summed E-state index contributed by atoms with van der Waals surface area (Å²) in [7, 11) is 2.14. The van der Waals surface area contributed by atoms with Gasteiger partial charge in [-0.05, 0) is 45.9 Å². The van der Waals surface area contributed by atoms with Gasteiger partial charge in [-0.1, -0.05) is 6.92 Å². The summed E-state index contributed by atoms with van der Waals surface area (Å²) in [6.45, 7) is 5.24. The van der Waals surface area contributed by atoms with E-state index in [9.17, 15) is 0 Å². The molecule has 0 bridgehead atoms. The molecular formula is C9H23N3. The Morgan fingerprint density at radius 2 is 1.75 bits per heavy atom. The van der Waals surface area contributed by atoms with E-state index in [1.807, 2.05) is 0 Å². The van der Waals surface area contributed by atoms with Crippen LogP contribution >= 0.6 is 0 Å². The van der Waals surface area contributed by atoms with E-state index >= 15 is 0 Å². The van der Waals surface area contributed by atoms with Gasteiger partial charge in [0.15, 0.2) is 0 Å². The molecule has 0 aromatic carbocycles. The quantitative estimate of drug-likeness (QED) is 0.603. The molecule has 1 aliphatic rings. The van der Waals surface area contributed by atoms with Crippen molar-refractivity contribution in [1.82, 2.24) is 4.90 Å². The number of nitrogens with two attached hydrogens (primary N) is 2. The molecule has 12 heavy (non-hydrogen) atoms. The minimum absolute atomic E-state index is 0.478. The molecule has 0 spiro atoms. The largest absolute Gasteiger partial charge is 0.330 e. The monoisotopic (exact) mass is 173 g/mol. The van der Waals surface area contributed by atoms with Crippen LogP contribution in [-0.4, -0.2) is 37.6 Å². The minimum atomic E-state index is 0.478. The van der Waals surface area contributed by atoms with Gasteiger partial charge in [-0.15, -0.1) is 0 Å². The highest BCUT2D eigenvalue weighted by Crippen LogP contribution is 2.04. The summed E-state index contributed by atoms with van der Waals surface area (Å²) >= 11 is 0. The van der Waals surface area contributed by atoms with E-state index in [2.05, 4.69) is 18.9 Å². The van der Waals surface area contributed by atoms with E-state index in [1.165, 1.54) is 25.9 Å². The van der Waals surface area contributed by atoms with Gasteiger partial charge in [-0.3, -0.25) is 0 Å². The third-order valence-electron chi connectivity index (χ3n) is 2.05. The Morgan fingerprint density at radius 1 is 1.33 bits per heavy atom. The molecule has 0 radical (unpaired) electrons. The normalized spacial score (nSPS) is 20.0. The van der Waals surface area contributed by atoms with Crippen LogP contribution < -0.4 is 11.5 Å². The summed E-state index contributed by atoms with van der Waals surface area (Å²) in [4.78, 5) is 2.32. The van der Waals surface area contributed by atoms with Gasteiger partial charge in [-0.2, -0.15) is 0 Å². The molecule has 74 valence electrons. The predicted octanol–water partition coefficient (Wildman–Crippen LogP) is 0.394. The first-order valence-electron chi connectivity index (χ1n) is 4.84. The van der Waals surface area contributed by atoms with Crippen molar-refractivity contribution in [2.24, 2.45) is 11.5 Å². The molecule has 1 aliphatic heterocycles. The van der Waals surface area contributed by atoms with E-state index in [0.717, 1.165) is 13.0 Å². The highest BCUT2D eigenvalue weighted by atomic mass is 15.1. The summed E-state index contributed by atoms with van der Waals surface area (Å²) in [5.74, 6) is 0. The maximum Gasteiger partial charge on any atom is 0.00631 e. The van der Waals surface area contributed by atoms with Gasteiger partial charge in [0, 0.05) is 6.04 Å². The van der Waals surface area contributed by atoms with Gasteiger partial charge in [-0.25, -0.2) is 0 Å². The summed E-state index contributed by atoms with van der Waals surface area (Å²) in [5.41, 5.74) is 10.7. The maximum absolute atomic E-state index is 5.67. The van der Waals surface area contributed by atoms with Crippen molar-refractivity contribution in [2.45, 2.75) is 32.2 Å². The Kier molecular flexibility index (Phi) is 7.45. The van der Waals surface area contributed by atoms with Crippen LogP contribution in [0.3, 0.4) is 0 Å². The Balaban J connectivity index is 0.000000261. The summed E-state index contributed by atoms with van der Waals surface area (Å²) < 4.78 is 0. The lowest BCUT2D eigenvalue weighted by molar-refractivity contribution is 0.256. The molecule has 0 aromatic rings. The molecule has 1 fully saturated rings. The molecule has 0 atom stereocenters. The van der Waals surface area contributed by atoms with Crippen molar-refractivity contribution in [3.8, 4) is 0 Å². The molecule has 0 aromatic heterocycles. The predicted molar refractivity (Wildman–Crippen MR) is 54.1 cm³/mol.